The van der Waals surface area contributed by atoms with Crippen LogP contribution >= 0.6 is 23.4 Å². The van der Waals surface area contributed by atoms with Gasteiger partial charge in [-0.05, 0) is 29.3 Å². The van der Waals surface area contributed by atoms with Crippen LogP contribution in [0.5, 0.6) is 0 Å². The van der Waals surface area contributed by atoms with Crippen LogP contribution in [0.2, 0.25) is 5.02 Å². The van der Waals surface area contributed by atoms with Crippen LogP contribution in [0.4, 0.5) is 0 Å². The van der Waals surface area contributed by atoms with E-state index < -0.39 is 5.97 Å². The highest BCUT2D eigenvalue weighted by molar-refractivity contribution is 7.99. The number of carboxylic acids is 1. The third kappa shape index (κ3) is 3.31. The summed E-state index contributed by atoms with van der Waals surface area (Å²) >= 11 is 7.59. The van der Waals surface area contributed by atoms with E-state index in [-0.39, 0.29) is 5.75 Å². The lowest BCUT2D eigenvalue weighted by Crippen LogP contribution is -1.97. The molecule has 0 atom stereocenters. The van der Waals surface area contributed by atoms with Crippen molar-refractivity contribution in [3.05, 3.63) is 53.7 Å². The van der Waals surface area contributed by atoms with Crippen LogP contribution < -0.4 is 0 Å². The maximum atomic E-state index is 10.7. The fraction of sp³-hybridized carbons (Fsp3) is 0.0556. The number of benzene rings is 2. The zero-order valence-corrected chi connectivity index (χ0v) is 14.9. The highest BCUT2D eigenvalue weighted by Gasteiger charge is 2.11. The first-order valence-electron chi connectivity index (χ1n) is 7.74. The first-order chi connectivity index (χ1) is 12.6. The SMILES string of the molecule is O=C(O)CSc1nc2cc(-c3ccc(-c4ccn[nH]4)cc3)c(Cl)cc2[nH]1. The molecule has 4 rings (SSSR count). The Morgan fingerprint density at radius 2 is 1.92 bits per heavy atom. The number of imidazole rings is 1. The quantitative estimate of drug-likeness (QED) is 0.442. The minimum absolute atomic E-state index is 0.0462. The van der Waals surface area contributed by atoms with Gasteiger partial charge in [0.05, 0.1) is 27.5 Å². The number of hydrogen-bond acceptors (Lipinski definition) is 4. The molecule has 26 heavy (non-hydrogen) atoms. The molecule has 6 nitrogen and oxygen atoms in total. The normalized spacial score (nSPS) is 11.1. The Morgan fingerprint density at radius 1 is 1.15 bits per heavy atom. The van der Waals surface area contributed by atoms with Crippen molar-refractivity contribution in [3.8, 4) is 22.4 Å². The maximum absolute atomic E-state index is 10.7. The summed E-state index contributed by atoms with van der Waals surface area (Å²) in [5.74, 6) is -0.929. The second-order valence-corrected chi connectivity index (χ2v) is 6.99. The van der Waals surface area contributed by atoms with Crippen LogP contribution in [0.1, 0.15) is 0 Å². The molecular weight excluding hydrogens is 372 g/mol. The number of hydrogen-bond donors (Lipinski definition) is 3. The highest BCUT2D eigenvalue weighted by Crippen LogP contribution is 2.33. The molecule has 0 unspecified atom stereocenters. The summed E-state index contributed by atoms with van der Waals surface area (Å²) in [6, 6.07) is 13.6. The molecule has 0 radical (unpaired) electrons. The number of H-pyrrole nitrogens is 2. The van der Waals surface area contributed by atoms with E-state index in [4.69, 9.17) is 16.7 Å². The summed E-state index contributed by atoms with van der Waals surface area (Å²) in [6.07, 6.45) is 1.71. The van der Waals surface area contributed by atoms with Crippen LogP contribution in [0.25, 0.3) is 33.4 Å². The lowest BCUT2D eigenvalue weighted by atomic mass is 10.0. The van der Waals surface area contributed by atoms with E-state index >= 15 is 0 Å². The predicted octanol–water partition coefficient (Wildman–Crippen LogP) is 4.45. The molecule has 2 heterocycles. The number of carboxylic acid groups (broad SMARTS) is 1. The van der Waals surface area contributed by atoms with Gasteiger partial charge in [0.25, 0.3) is 0 Å². The second kappa shape index (κ2) is 6.86. The molecule has 130 valence electrons. The van der Waals surface area contributed by atoms with Crippen molar-refractivity contribution in [1.82, 2.24) is 20.2 Å². The number of fused-ring (bicyclic) bond motifs is 1. The van der Waals surface area contributed by atoms with Gasteiger partial charge >= 0.3 is 5.97 Å². The standard InChI is InChI=1S/C18H13ClN4O2S/c19-13-8-16-15(21-18(22-16)26-9-17(24)25)7-12(13)10-1-3-11(4-2-10)14-5-6-20-23-14/h1-8H,9H2,(H,20,23)(H,21,22)(H,24,25). The van der Waals surface area contributed by atoms with Gasteiger partial charge in [-0.2, -0.15) is 5.10 Å². The van der Waals surface area contributed by atoms with Gasteiger partial charge in [-0.25, -0.2) is 4.98 Å². The maximum Gasteiger partial charge on any atom is 0.313 e. The van der Waals surface area contributed by atoms with E-state index in [0.717, 1.165) is 45.2 Å². The smallest absolute Gasteiger partial charge is 0.313 e. The molecule has 0 saturated heterocycles. The molecule has 2 aromatic heterocycles. The number of carbonyl (C=O) groups is 1. The van der Waals surface area contributed by atoms with Crippen molar-refractivity contribution in [2.45, 2.75) is 5.16 Å². The third-order valence-electron chi connectivity index (χ3n) is 3.89. The average molecular weight is 385 g/mol. The number of nitrogens with zero attached hydrogens (tertiary/aromatic N) is 2. The first-order valence-corrected chi connectivity index (χ1v) is 9.10. The van der Waals surface area contributed by atoms with E-state index in [1.807, 2.05) is 42.5 Å². The Labute approximate surface area is 157 Å². The van der Waals surface area contributed by atoms with E-state index in [1.165, 1.54) is 0 Å². The number of rotatable bonds is 5. The highest BCUT2D eigenvalue weighted by atomic mass is 35.5. The molecule has 0 aliphatic heterocycles. The Morgan fingerprint density at radius 3 is 2.62 bits per heavy atom. The molecule has 2 aromatic carbocycles. The summed E-state index contributed by atoms with van der Waals surface area (Å²) in [5, 5.41) is 16.8. The van der Waals surface area contributed by atoms with Gasteiger partial charge in [-0.3, -0.25) is 9.89 Å². The van der Waals surface area contributed by atoms with Gasteiger partial charge in [0.2, 0.25) is 0 Å². The topological polar surface area (TPSA) is 94.7 Å². The Hall–Kier alpha value is -2.77. The molecular formula is C18H13ClN4O2S. The van der Waals surface area contributed by atoms with Crippen LogP contribution in [0.15, 0.2) is 53.8 Å². The van der Waals surface area contributed by atoms with Crippen molar-refractivity contribution < 1.29 is 9.90 Å². The second-order valence-electron chi connectivity index (χ2n) is 5.62. The lowest BCUT2D eigenvalue weighted by Gasteiger charge is -2.06. The fourth-order valence-corrected chi connectivity index (χ4v) is 3.55. The van der Waals surface area contributed by atoms with E-state index in [2.05, 4.69) is 20.2 Å². The van der Waals surface area contributed by atoms with Crippen LogP contribution in [-0.2, 0) is 4.79 Å². The van der Waals surface area contributed by atoms with Gasteiger partial charge in [0, 0.05) is 11.8 Å². The molecule has 0 amide bonds. The molecule has 0 bridgehead atoms. The summed E-state index contributed by atoms with van der Waals surface area (Å²) in [4.78, 5) is 18.2. The monoisotopic (exact) mass is 384 g/mol. The number of aliphatic carboxylic acids is 1. The van der Waals surface area contributed by atoms with E-state index in [1.54, 1.807) is 6.20 Å². The van der Waals surface area contributed by atoms with Crippen molar-refractivity contribution in [1.29, 1.82) is 0 Å². The van der Waals surface area contributed by atoms with Crippen molar-refractivity contribution in [2.24, 2.45) is 0 Å². The van der Waals surface area contributed by atoms with Gasteiger partial charge in [-0.15, -0.1) is 0 Å². The molecule has 0 spiro atoms. The Bertz CT molecular complexity index is 1070. The number of aromatic nitrogens is 4. The molecule has 0 fully saturated rings. The lowest BCUT2D eigenvalue weighted by molar-refractivity contribution is -0.133. The largest absolute Gasteiger partial charge is 0.481 e. The van der Waals surface area contributed by atoms with Gasteiger partial charge < -0.3 is 10.1 Å². The van der Waals surface area contributed by atoms with Gasteiger partial charge in [0.1, 0.15) is 0 Å². The minimum Gasteiger partial charge on any atom is -0.481 e. The Balaban J connectivity index is 1.67. The average Bonchev–Trinajstić information content (AvgIpc) is 3.29. The summed E-state index contributed by atoms with van der Waals surface area (Å²) in [6.45, 7) is 0. The molecule has 0 saturated carbocycles. The number of aromatic amines is 2. The van der Waals surface area contributed by atoms with Crippen molar-refractivity contribution in [2.75, 3.05) is 5.75 Å². The number of halogens is 1. The number of nitrogens with one attached hydrogen (secondary N) is 2. The molecule has 3 N–H and O–H groups in total. The zero-order valence-electron chi connectivity index (χ0n) is 13.4. The van der Waals surface area contributed by atoms with Gasteiger partial charge in [-0.1, -0.05) is 47.6 Å². The van der Waals surface area contributed by atoms with Crippen molar-refractivity contribution in [3.63, 3.8) is 0 Å². The Kier molecular flexibility index (Phi) is 4.40. The molecule has 4 aromatic rings. The van der Waals surface area contributed by atoms with Crippen LogP contribution in [0, 0.1) is 0 Å². The summed E-state index contributed by atoms with van der Waals surface area (Å²) in [5.41, 5.74) is 5.36. The molecule has 0 aliphatic carbocycles. The minimum atomic E-state index is -0.883. The van der Waals surface area contributed by atoms with Gasteiger partial charge in [0.15, 0.2) is 5.16 Å². The summed E-state index contributed by atoms with van der Waals surface area (Å²) < 4.78 is 0. The first kappa shape index (κ1) is 16.7. The van der Waals surface area contributed by atoms with E-state index in [0.29, 0.717) is 10.2 Å². The van der Waals surface area contributed by atoms with Crippen LogP contribution in [-0.4, -0.2) is 37.0 Å². The fourth-order valence-electron chi connectivity index (χ4n) is 2.67. The predicted molar refractivity (Wildman–Crippen MR) is 102 cm³/mol. The third-order valence-corrected chi connectivity index (χ3v) is 5.06. The summed E-state index contributed by atoms with van der Waals surface area (Å²) in [7, 11) is 0. The van der Waals surface area contributed by atoms with E-state index in [9.17, 15) is 4.79 Å². The molecule has 0 aliphatic rings. The van der Waals surface area contributed by atoms with Crippen LogP contribution in [0.3, 0.4) is 0 Å². The van der Waals surface area contributed by atoms with Crippen molar-refractivity contribution >= 4 is 40.4 Å². The molecule has 8 heteroatoms. The zero-order chi connectivity index (χ0) is 18.1. The number of thioether (sulfide) groups is 1.